The fraction of sp³-hybridized carbons (Fsp3) is 0.462. The van der Waals surface area contributed by atoms with Crippen LogP contribution in [0.15, 0.2) is 35.3 Å². The Hall–Kier alpha value is -0.630. The first kappa shape index (κ1) is 10.9. The highest BCUT2D eigenvalue weighted by Gasteiger charge is 2.41. The van der Waals surface area contributed by atoms with Gasteiger partial charge in [-0.2, -0.15) is 0 Å². The maximum absolute atomic E-state index is 4.69. The van der Waals surface area contributed by atoms with E-state index >= 15 is 0 Å². The van der Waals surface area contributed by atoms with E-state index in [9.17, 15) is 0 Å². The molecule has 1 aliphatic rings. The first-order chi connectivity index (χ1) is 7.26. The third-order valence-corrected chi connectivity index (χ3v) is 4.27. The fourth-order valence-electron chi connectivity index (χ4n) is 1.57. The van der Waals surface area contributed by atoms with Gasteiger partial charge in [-0.25, -0.2) is 0 Å². The normalized spacial score (nSPS) is 18.9. The maximum Gasteiger partial charge on any atom is 0.0457 e. The highest BCUT2D eigenvalue weighted by atomic mass is 79.9. The van der Waals surface area contributed by atoms with E-state index in [0.717, 1.165) is 17.6 Å². The monoisotopic (exact) mass is 265 g/mol. The molecule has 1 saturated carbocycles. The van der Waals surface area contributed by atoms with Crippen LogP contribution in [0.1, 0.15) is 25.3 Å². The molecule has 0 amide bonds. The Morgan fingerprint density at radius 1 is 1.33 bits per heavy atom. The third-order valence-electron chi connectivity index (χ3n) is 3.08. The van der Waals surface area contributed by atoms with Crippen molar-refractivity contribution in [1.29, 1.82) is 0 Å². The van der Waals surface area contributed by atoms with Gasteiger partial charge in [0, 0.05) is 17.6 Å². The SMILES string of the molecule is CC(=NCC1(CBr)CC1)c1ccccc1. The molecule has 2 heteroatoms. The number of hydrogen-bond donors (Lipinski definition) is 0. The summed E-state index contributed by atoms with van der Waals surface area (Å²) < 4.78 is 0. The lowest BCUT2D eigenvalue weighted by atomic mass is 10.1. The van der Waals surface area contributed by atoms with E-state index in [2.05, 4.69) is 52.1 Å². The molecule has 1 nitrogen and oxygen atoms in total. The van der Waals surface area contributed by atoms with Crippen LogP contribution in [0.4, 0.5) is 0 Å². The summed E-state index contributed by atoms with van der Waals surface area (Å²) in [5, 5.41) is 1.09. The lowest BCUT2D eigenvalue weighted by molar-refractivity contribution is 0.606. The Morgan fingerprint density at radius 2 is 2.00 bits per heavy atom. The molecule has 0 N–H and O–H groups in total. The Labute approximate surface area is 99.7 Å². The average Bonchev–Trinajstić information content (AvgIpc) is 3.08. The van der Waals surface area contributed by atoms with Crippen LogP contribution < -0.4 is 0 Å². The van der Waals surface area contributed by atoms with Crippen LogP contribution in [0.5, 0.6) is 0 Å². The van der Waals surface area contributed by atoms with Crippen LogP contribution in [0, 0.1) is 5.41 Å². The molecular formula is C13H16BrN. The summed E-state index contributed by atoms with van der Waals surface area (Å²) in [4.78, 5) is 4.69. The molecule has 0 spiro atoms. The van der Waals surface area contributed by atoms with Crippen LogP contribution in [0.2, 0.25) is 0 Å². The van der Waals surface area contributed by atoms with E-state index in [0.29, 0.717) is 5.41 Å². The zero-order valence-corrected chi connectivity index (χ0v) is 10.6. The van der Waals surface area contributed by atoms with Crippen LogP contribution in [0.25, 0.3) is 0 Å². The second kappa shape index (κ2) is 4.48. The van der Waals surface area contributed by atoms with Gasteiger partial charge >= 0.3 is 0 Å². The standard InChI is InChI=1S/C13H16BrN/c1-11(12-5-3-2-4-6-12)15-10-13(9-14)7-8-13/h2-6H,7-10H2,1H3. The van der Waals surface area contributed by atoms with Crippen molar-refractivity contribution >= 4 is 21.6 Å². The van der Waals surface area contributed by atoms with Crippen molar-refractivity contribution in [2.24, 2.45) is 10.4 Å². The van der Waals surface area contributed by atoms with Crippen LogP contribution in [0.3, 0.4) is 0 Å². The number of alkyl halides is 1. The van der Waals surface area contributed by atoms with Crippen LogP contribution in [-0.2, 0) is 0 Å². The van der Waals surface area contributed by atoms with Gasteiger partial charge in [0.1, 0.15) is 0 Å². The van der Waals surface area contributed by atoms with E-state index in [-0.39, 0.29) is 0 Å². The topological polar surface area (TPSA) is 12.4 Å². The van der Waals surface area contributed by atoms with Crippen molar-refractivity contribution in [3.05, 3.63) is 35.9 Å². The molecule has 80 valence electrons. The van der Waals surface area contributed by atoms with Crippen molar-refractivity contribution in [2.45, 2.75) is 19.8 Å². The lowest BCUT2D eigenvalue weighted by Crippen LogP contribution is -2.08. The van der Waals surface area contributed by atoms with E-state index in [4.69, 9.17) is 0 Å². The largest absolute Gasteiger partial charge is 0.289 e. The molecule has 1 fully saturated rings. The summed E-state index contributed by atoms with van der Waals surface area (Å²) in [5.74, 6) is 0. The Bertz CT molecular complexity index is 352. The van der Waals surface area contributed by atoms with Gasteiger partial charge in [-0.05, 0) is 30.7 Å². The number of nitrogens with zero attached hydrogens (tertiary/aromatic N) is 1. The zero-order valence-electron chi connectivity index (χ0n) is 9.04. The molecule has 0 aromatic heterocycles. The first-order valence-corrected chi connectivity index (χ1v) is 6.50. The number of benzene rings is 1. The molecule has 0 radical (unpaired) electrons. The van der Waals surface area contributed by atoms with Gasteiger partial charge in [0.05, 0.1) is 0 Å². The number of hydrogen-bond acceptors (Lipinski definition) is 1. The van der Waals surface area contributed by atoms with Crippen molar-refractivity contribution < 1.29 is 0 Å². The summed E-state index contributed by atoms with van der Waals surface area (Å²) in [6.45, 7) is 3.07. The van der Waals surface area contributed by atoms with E-state index < -0.39 is 0 Å². The Morgan fingerprint density at radius 3 is 2.53 bits per heavy atom. The highest BCUT2D eigenvalue weighted by Crippen LogP contribution is 2.47. The first-order valence-electron chi connectivity index (χ1n) is 5.38. The van der Waals surface area contributed by atoms with Gasteiger partial charge in [-0.1, -0.05) is 46.3 Å². The highest BCUT2D eigenvalue weighted by molar-refractivity contribution is 9.09. The number of halogens is 1. The van der Waals surface area contributed by atoms with Gasteiger partial charge < -0.3 is 0 Å². The minimum absolute atomic E-state index is 0.482. The minimum atomic E-state index is 0.482. The molecule has 2 rings (SSSR count). The molecule has 15 heavy (non-hydrogen) atoms. The molecule has 0 bridgehead atoms. The summed E-state index contributed by atoms with van der Waals surface area (Å²) in [7, 11) is 0. The number of aliphatic imine (C=N–C) groups is 1. The Kier molecular flexibility index (Phi) is 3.25. The van der Waals surface area contributed by atoms with Crippen molar-refractivity contribution in [1.82, 2.24) is 0 Å². The smallest absolute Gasteiger partial charge is 0.0457 e. The summed E-state index contributed by atoms with van der Waals surface area (Å²) in [5.41, 5.74) is 2.88. The molecule has 0 saturated heterocycles. The van der Waals surface area contributed by atoms with Crippen LogP contribution in [-0.4, -0.2) is 17.6 Å². The van der Waals surface area contributed by atoms with E-state index in [1.807, 2.05) is 6.07 Å². The molecule has 1 aliphatic carbocycles. The molecule has 1 aromatic rings. The van der Waals surface area contributed by atoms with Crippen molar-refractivity contribution in [2.75, 3.05) is 11.9 Å². The second-order valence-corrected chi connectivity index (χ2v) is 4.96. The molecule has 0 atom stereocenters. The third kappa shape index (κ3) is 2.69. The molecule has 0 unspecified atom stereocenters. The van der Waals surface area contributed by atoms with Gasteiger partial charge in [0.25, 0.3) is 0 Å². The van der Waals surface area contributed by atoms with Crippen LogP contribution >= 0.6 is 15.9 Å². The summed E-state index contributed by atoms with van der Waals surface area (Å²) in [6.07, 6.45) is 2.65. The van der Waals surface area contributed by atoms with Gasteiger partial charge in [0.2, 0.25) is 0 Å². The lowest BCUT2D eigenvalue weighted by Gasteiger charge is -2.08. The van der Waals surface area contributed by atoms with Crippen molar-refractivity contribution in [3.8, 4) is 0 Å². The fourth-order valence-corrected chi connectivity index (χ4v) is 2.31. The predicted molar refractivity (Wildman–Crippen MR) is 69.0 cm³/mol. The Balaban J connectivity index is 2.02. The van der Waals surface area contributed by atoms with Crippen molar-refractivity contribution in [3.63, 3.8) is 0 Å². The minimum Gasteiger partial charge on any atom is -0.289 e. The van der Waals surface area contributed by atoms with Gasteiger partial charge in [-0.3, -0.25) is 4.99 Å². The number of rotatable bonds is 4. The second-order valence-electron chi connectivity index (χ2n) is 4.40. The maximum atomic E-state index is 4.69. The predicted octanol–water partition coefficient (Wildman–Crippen LogP) is 3.67. The average molecular weight is 266 g/mol. The van der Waals surface area contributed by atoms with E-state index in [1.165, 1.54) is 18.4 Å². The molecule has 0 heterocycles. The summed E-state index contributed by atoms with van der Waals surface area (Å²) >= 11 is 3.57. The zero-order chi connectivity index (χ0) is 10.7. The molecule has 1 aromatic carbocycles. The summed E-state index contributed by atoms with van der Waals surface area (Å²) in [6, 6.07) is 10.4. The van der Waals surface area contributed by atoms with Gasteiger partial charge in [-0.15, -0.1) is 0 Å². The molecular weight excluding hydrogens is 250 g/mol. The molecule has 0 aliphatic heterocycles. The van der Waals surface area contributed by atoms with E-state index in [1.54, 1.807) is 0 Å². The van der Waals surface area contributed by atoms with Gasteiger partial charge in [0.15, 0.2) is 0 Å². The quantitative estimate of drug-likeness (QED) is 0.582.